The van der Waals surface area contributed by atoms with Gasteiger partial charge in [-0.3, -0.25) is 15.5 Å². The van der Waals surface area contributed by atoms with Crippen LogP contribution in [0.5, 0.6) is 0 Å². The minimum atomic E-state index is -0.528. The SMILES string of the molecule is NNc1ncc([N+](=O)[O-])c(Sc2ccccc2Br)n1. The highest BCUT2D eigenvalue weighted by atomic mass is 79.9. The van der Waals surface area contributed by atoms with Crippen LogP contribution in [0.4, 0.5) is 11.6 Å². The lowest BCUT2D eigenvalue weighted by Gasteiger charge is -2.05. The van der Waals surface area contributed by atoms with Gasteiger partial charge < -0.3 is 0 Å². The van der Waals surface area contributed by atoms with Crippen molar-refractivity contribution in [1.82, 2.24) is 9.97 Å². The first-order valence-electron chi connectivity index (χ1n) is 5.02. The molecule has 0 saturated heterocycles. The average Bonchev–Trinajstić information content (AvgIpc) is 2.41. The van der Waals surface area contributed by atoms with E-state index in [0.29, 0.717) is 0 Å². The van der Waals surface area contributed by atoms with Crippen molar-refractivity contribution < 1.29 is 4.92 Å². The molecule has 0 bridgehead atoms. The lowest BCUT2D eigenvalue weighted by molar-refractivity contribution is -0.388. The molecular weight excluding hydrogens is 334 g/mol. The highest BCUT2D eigenvalue weighted by Crippen LogP contribution is 2.36. The Morgan fingerprint density at radius 1 is 1.42 bits per heavy atom. The van der Waals surface area contributed by atoms with E-state index in [1.54, 1.807) is 0 Å². The fourth-order valence-corrected chi connectivity index (χ4v) is 2.67. The Morgan fingerprint density at radius 3 is 2.79 bits per heavy atom. The third-order valence-corrected chi connectivity index (χ3v) is 4.13. The van der Waals surface area contributed by atoms with Gasteiger partial charge in [0, 0.05) is 9.37 Å². The van der Waals surface area contributed by atoms with Gasteiger partial charge in [-0.1, -0.05) is 23.9 Å². The summed E-state index contributed by atoms with van der Waals surface area (Å²) >= 11 is 4.54. The average molecular weight is 342 g/mol. The molecule has 9 heteroatoms. The van der Waals surface area contributed by atoms with Crippen LogP contribution in [0.3, 0.4) is 0 Å². The molecule has 0 amide bonds. The summed E-state index contributed by atoms with van der Waals surface area (Å²) in [6.45, 7) is 0. The quantitative estimate of drug-likeness (QED) is 0.381. The molecule has 0 aliphatic rings. The van der Waals surface area contributed by atoms with Gasteiger partial charge in [0.25, 0.3) is 0 Å². The Labute approximate surface area is 120 Å². The summed E-state index contributed by atoms with van der Waals surface area (Å²) in [6.07, 6.45) is 1.13. The van der Waals surface area contributed by atoms with E-state index in [1.165, 1.54) is 0 Å². The van der Waals surface area contributed by atoms with Crippen molar-refractivity contribution in [2.75, 3.05) is 5.43 Å². The minimum Gasteiger partial charge on any atom is -0.292 e. The van der Waals surface area contributed by atoms with Crippen LogP contribution in [0.15, 0.2) is 44.9 Å². The molecule has 98 valence electrons. The molecule has 1 heterocycles. The monoisotopic (exact) mass is 341 g/mol. The molecule has 0 radical (unpaired) electrons. The minimum absolute atomic E-state index is 0.125. The first-order chi connectivity index (χ1) is 9.11. The summed E-state index contributed by atoms with van der Waals surface area (Å²) in [5.74, 6) is 5.33. The van der Waals surface area contributed by atoms with Crippen molar-refractivity contribution in [3.63, 3.8) is 0 Å². The molecule has 0 saturated carbocycles. The third kappa shape index (κ3) is 3.19. The van der Waals surface area contributed by atoms with Crippen LogP contribution in [0.25, 0.3) is 0 Å². The fourth-order valence-electron chi connectivity index (χ4n) is 1.26. The standard InChI is InChI=1S/C10H8BrN5O2S/c11-6-3-1-2-4-8(6)19-9-7(16(17)18)5-13-10(14-9)15-12/h1-5H,12H2,(H,13,14,15). The van der Waals surface area contributed by atoms with E-state index < -0.39 is 4.92 Å². The summed E-state index contributed by atoms with van der Waals surface area (Å²) in [4.78, 5) is 19.0. The number of nitrogens with two attached hydrogens (primary N) is 1. The van der Waals surface area contributed by atoms with Crippen molar-refractivity contribution in [2.45, 2.75) is 9.92 Å². The first-order valence-corrected chi connectivity index (χ1v) is 6.63. The van der Waals surface area contributed by atoms with Crippen LogP contribution in [0.2, 0.25) is 0 Å². The van der Waals surface area contributed by atoms with Crippen molar-refractivity contribution in [3.8, 4) is 0 Å². The van der Waals surface area contributed by atoms with Crippen molar-refractivity contribution in [2.24, 2.45) is 5.84 Å². The molecule has 1 aromatic carbocycles. The van der Waals surface area contributed by atoms with Crippen LogP contribution in [-0.2, 0) is 0 Å². The number of rotatable bonds is 4. The van der Waals surface area contributed by atoms with Gasteiger partial charge >= 0.3 is 5.69 Å². The lowest BCUT2D eigenvalue weighted by atomic mass is 10.4. The topological polar surface area (TPSA) is 107 Å². The number of nitro groups is 1. The molecule has 7 nitrogen and oxygen atoms in total. The molecule has 3 N–H and O–H groups in total. The van der Waals surface area contributed by atoms with Gasteiger partial charge in [0.05, 0.1) is 4.92 Å². The van der Waals surface area contributed by atoms with Crippen LogP contribution in [0.1, 0.15) is 0 Å². The van der Waals surface area contributed by atoms with E-state index in [4.69, 9.17) is 5.84 Å². The molecule has 0 atom stereocenters. The second-order valence-electron chi connectivity index (χ2n) is 3.32. The van der Waals surface area contributed by atoms with Gasteiger partial charge in [-0.2, -0.15) is 4.98 Å². The summed E-state index contributed by atoms with van der Waals surface area (Å²) in [7, 11) is 0. The summed E-state index contributed by atoms with van der Waals surface area (Å²) in [5, 5.41) is 11.2. The number of nitrogens with zero attached hydrogens (tertiary/aromatic N) is 3. The molecular formula is C10H8BrN5O2S. The predicted octanol–water partition coefficient (Wildman–Crippen LogP) is 2.58. The Hall–Kier alpha value is -1.71. The summed E-state index contributed by atoms with van der Waals surface area (Å²) < 4.78 is 0.829. The Kier molecular flexibility index (Phi) is 4.30. The van der Waals surface area contributed by atoms with E-state index in [1.807, 2.05) is 24.3 Å². The number of aromatic nitrogens is 2. The predicted molar refractivity (Wildman–Crippen MR) is 74.8 cm³/mol. The number of nitrogen functional groups attached to an aromatic ring is 1. The molecule has 2 aromatic rings. The Bertz CT molecular complexity index is 625. The van der Waals surface area contributed by atoms with Crippen molar-refractivity contribution >= 4 is 39.3 Å². The fraction of sp³-hybridized carbons (Fsp3) is 0. The molecule has 19 heavy (non-hydrogen) atoms. The van der Waals surface area contributed by atoms with Crippen LogP contribution < -0.4 is 11.3 Å². The van der Waals surface area contributed by atoms with Gasteiger partial charge in [-0.05, 0) is 28.1 Å². The number of hydrogen-bond acceptors (Lipinski definition) is 7. The molecule has 2 rings (SSSR count). The second-order valence-corrected chi connectivity index (χ2v) is 5.20. The lowest BCUT2D eigenvalue weighted by Crippen LogP contribution is -2.11. The van der Waals surface area contributed by atoms with Crippen molar-refractivity contribution in [3.05, 3.63) is 45.0 Å². The zero-order valence-corrected chi connectivity index (χ0v) is 11.8. The first kappa shape index (κ1) is 13.7. The van der Waals surface area contributed by atoms with Crippen LogP contribution >= 0.6 is 27.7 Å². The molecule has 0 spiro atoms. The highest BCUT2D eigenvalue weighted by Gasteiger charge is 2.19. The molecule has 0 aliphatic heterocycles. The third-order valence-electron chi connectivity index (χ3n) is 2.10. The molecule has 1 aromatic heterocycles. The zero-order chi connectivity index (χ0) is 13.8. The van der Waals surface area contributed by atoms with Crippen molar-refractivity contribution in [1.29, 1.82) is 0 Å². The smallest absolute Gasteiger partial charge is 0.292 e. The zero-order valence-electron chi connectivity index (χ0n) is 9.41. The number of halogens is 1. The van der Waals surface area contributed by atoms with E-state index in [9.17, 15) is 10.1 Å². The van der Waals surface area contributed by atoms with Crippen LogP contribution in [0, 0.1) is 10.1 Å². The van der Waals surface area contributed by atoms with Gasteiger partial charge in [0.2, 0.25) is 5.95 Å². The maximum absolute atomic E-state index is 10.9. The number of nitrogens with one attached hydrogen (secondary N) is 1. The van der Waals surface area contributed by atoms with E-state index in [2.05, 4.69) is 31.3 Å². The highest BCUT2D eigenvalue weighted by molar-refractivity contribution is 9.10. The number of hydrazine groups is 1. The van der Waals surface area contributed by atoms with Gasteiger partial charge in [-0.25, -0.2) is 10.8 Å². The van der Waals surface area contributed by atoms with Gasteiger partial charge in [-0.15, -0.1) is 0 Å². The van der Waals surface area contributed by atoms with Crippen LogP contribution in [-0.4, -0.2) is 14.9 Å². The maximum atomic E-state index is 10.9. The molecule has 0 aliphatic carbocycles. The van der Waals surface area contributed by atoms with Gasteiger partial charge in [0.1, 0.15) is 6.20 Å². The number of benzene rings is 1. The largest absolute Gasteiger partial charge is 0.320 e. The number of anilines is 1. The van der Waals surface area contributed by atoms with E-state index in [-0.39, 0.29) is 16.7 Å². The number of hydrogen-bond donors (Lipinski definition) is 2. The van der Waals surface area contributed by atoms with Gasteiger partial charge in [0.15, 0.2) is 5.03 Å². The maximum Gasteiger partial charge on any atom is 0.320 e. The molecule has 0 fully saturated rings. The molecule has 0 unspecified atom stereocenters. The summed E-state index contributed by atoms with van der Waals surface area (Å²) in [6, 6.07) is 7.37. The normalized spacial score (nSPS) is 10.2. The second kappa shape index (κ2) is 5.95. The summed E-state index contributed by atoms with van der Waals surface area (Å²) in [5.41, 5.74) is 2.10. The van der Waals surface area contributed by atoms with E-state index >= 15 is 0 Å². The van der Waals surface area contributed by atoms with E-state index in [0.717, 1.165) is 27.3 Å². The Balaban J connectivity index is 2.43. The Morgan fingerprint density at radius 2 is 2.16 bits per heavy atom.